The molecule has 0 aliphatic rings. The minimum absolute atomic E-state index is 0.0259. The van der Waals surface area contributed by atoms with Crippen LogP contribution in [0.3, 0.4) is 0 Å². The summed E-state index contributed by atoms with van der Waals surface area (Å²) in [6.45, 7) is 3.74. The molecule has 0 atom stereocenters. The van der Waals surface area contributed by atoms with Crippen LogP contribution in [0.15, 0.2) is 6.33 Å². The molecule has 0 bridgehead atoms. The molecular weight excluding hydrogens is 184 g/mol. The number of aromatic nitrogens is 2. The van der Waals surface area contributed by atoms with Gasteiger partial charge in [0.1, 0.15) is 11.9 Å². The first-order valence-corrected chi connectivity index (χ1v) is 4.20. The number of methoxy groups -OCH3 is 1. The van der Waals surface area contributed by atoms with Crippen LogP contribution in [-0.4, -0.2) is 28.2 Å². The van der Waals surface area contributed by atoms with Gasteiger partial charge in [-0.15, -0.1) is 0 Å². The Labute approximate surface area is 81.8 Å². The van der Waals surface area contributed by atoms with Crippen LogP contribution in [0, 0.1) is 0 Å². The fourth-order valence-electron chi connectivity index (χ4n) is 1.18. The Kier molecular flexibility index (Phi) is 3.01. The predicted octanol–water partition coefficient (Wildman–Crippen LogP) is 1.31. The van der Waals surface area contributed by atoms with Crippen LogP contribution in [-0.2, 0) is 0 Å². The zero-order valence-electron chi connectivity index (χ0n) is 8.31. The van der Waals surface area contributed by atoms with Gasteiger partial charge in [-0.3, -0.25) is 0 Å². The summed E-state index contributed by atoms with van der Waals surface area (Å²) in [6, 6.07) is 0. The van der Waals surface area contributed by atoms with E-state index in [1.54, 1.807) is 0 Å². The number of nitrogens with zero attached hydrogens (tertiary/aromatic N) is 2. The van der Waals surface area contributed by atoms with E-state index in [1.807, 2.05) is 13.8 Å². The van der Waals surface area contributed by atoms with E-state index in [9.17, 15) is 4.79 Å². The van der Waals surface area contributed by atoms with Gasteiger partial charge in [0.2, 0.25) is 5.88 Å². The maximum Gasteiger partial charge on any atom is 0.343 e. The van der Waals surface area contributed by atoms with Crippen molar-refractivity contribution in [1.29, 1.82) is 0 Å². The van der Waals surface area contributed by atoms with Crippen LogP contribution in [0.4, 0.5) is 0 Å². The van der Waals surface area contributed by atoms with Crippen LogP contribution < -0.4 is 4.74 Å². The molecule has 76 valence electrons. The molecule has 0 radical (unpaired) electrons. The number of ether oxygens (including phenoxy) is 1. The van der Waals surface area contributed by atoms with Crippen molar-refractivity contribution in [1.82, 2.24) is 9.97 Å². The van der Waals surface area contributed by atoms with Crippen molar-refractivity contribution in [2.45, 2.75) is 19.8 Å². The second-order valence-corrected chi connectivity index (χ2v) is 3.10. The fourth-order valence-corrected chi connectivity index (χ4v) is 1.18. The van der Waals surface area contributed by atoms with E-state index in [0.717, 1.165) is 0 Å². The van der Waals surface area contributed by atoms with Gasteiger partial charge in [0.05, 0.1) is 12.8 Å². The third-order valence-corrected chi connectivity index (χ3v) is 1.80. The number of aromatic carboxylic acids is 1. The quantitative estimate of drug-likeness (QED) is 0.788. The minimum atomic E-state index is -1.06. The highest BCUT2D eigenvalue weighted by molar-refractivity contribution is 5.91. The lowest BCUT2D eigenvalue weighted by atomic mass is 10.1. The highest BCUT2D eigenvalue weighted by atomic mass is 16.5. The van der Waals surface area contributed by atoms with Gasteiger partial charge >= 0.3 is 5.97 Å². The number of carboxylic acid groups (broad SMARTS) is 1. The number of hydrogen-bond donors (Lipinski definition) is 1. The Morgan fingerprint density at radius 2 is 2.14 bits per heavy atom. The summed E-state index contributed by atoms with van der Waals surface area (Å²) in [5.74, 6) is -0.930. The fraction of sp³-hybridized carbons (Fsp3) is 0.444. The minimum Gasteiger partial charge on any atom is -0.480 e. The molecule has 1 aromatic heterocycles. The van der Waals surface area contributed by atoms with Gasteiger partial charge in [-0.05, 0) is 5.92 Å². The zero-order valence-corrected chi connectivity index (χ0v) is 8.31. The Bertz CT molecular complexity index is 350. The van der Waals surface area contributed by atoms with Crippen molar-refractivity contribution in [3.05, 3.63) is 17.6 Å². The topological polar surface area (TPSA) is 72.3 Å². The highest BCUT2D eigenvalue weighted by Crippen LogP contribution is 2.23. The van der Waals surface area contributed by atoms with E-state index in [-0.39, 0.29) is 17.4 Å². The summed E-state index contributed by atoms with van der Waals surface area (Å²) in [4.78, 5) is 18.6. The summed E-state index contributed by atoms with van der Waals surface area (Å²) in [5.41, 5.74) is 0.536. The van der Waals surface area contributed by atoms with Gasteiger partial charge in [-0.1, -0.05) is 13.8 Å². The molecule has 0 amide bonds. The summed E-state index contributed by atoms with van der Waals surface area (Å²) in [5, 5.41) is 8.97. The molecule has 0 fully saturated rings. The third-order valence-electron chi connectivity index (χ3n) is 1.80. The summed E-state index contributed by atoms with van der Waals surface area (Å²) in [6.07, 6.45) is 1.31. The third kappa shape index (κ3) is 1.81. The number of rotatable bonds is 3. The Hall–Kier alpha value is -1.65. The van der Waals surface area contributed by atoms with E-state index < -0.39 is 5.97 Å². The highest BCUT2D eigenvalue weighted by Gasteiger charge is 2.20. The van der Waals surface area contributed by atoms with Crippen LogP contribution in [0.5, 0.6) is 5.88 Å². The maximum absolute atomic E-state index is 10.9. The molecule has 0 unspecified atom stereocenters. The average molecular weight is 196 g/mol. The van der Waals surface area contributed by atoms with Gasteiger partial charge in [0, 0.05) is 0 Å². The second-order valence-electron chi connectivity index (χ2n) is 3.10. The largest absolute Gasteiger partial charge is 0.480 e. The summed E-state index contributed by atoms with van der Waals surface area (Å²) >= 11 is 0. The lowest BCUT2D eigenvalue weighted by molar-refractivity contribution is 0.0690. The Morgan fingerprint density at radius 1 is 1.50 bits per heavy atom. The molecule has 0 saturated heterocycles. The van der Waals surface area contributed by atoms with Crippen LogP contribution in [0.2, 0.25) is 0 Å². The Balaban J connectivity index is 3.35. The summed E-state index contributed by atoms with van der Waals surface area (Å²) in [7, 11) is 1.39. The van der Waals surface area contributed by atoms with Crippen LogP contribution in [0.1, 0.15) is 35.8 Å². The molecule has 5 heteroatoms. The van der Waals surface area contributed by atoms with Crippen molar-refractivity contribution in [2.24, 2.45) is 0 Å². The molecule has 1 rings (SSSR count). The number of carboxylic acids is 1. The van der Waals surface area contributed by atoms with Gasteiger partial charge < -0.3 is 9.84 Å². The molecule has 1 N–H and O–H groups in total. The second kappa shape index (κ2) is 4.04. The van der Waals surface area contributed by atoms with E-state index >= 15 is 0 Å². The molecule has 1 aromatic rings. The van der Waals surface area contributed by atoms with Crippen LogP contribution >= 0.6 is 0 Å². The molecule has 14 heavy (non-hydrogen) atoms. The van der Waals surface area contributed by atoms with Crippen molar-refractivity contribution in [3.8, 4) is 5.88 Å². The normalized spacial score (nSPS) is 10.3. The summed E-state index contributed by atoms with van der Waals surface area (Å²) < 4.78 is 4.87. The molecule has 0 aliphatic carbocycles. The average Bonchev–Trinajstić information content (AvgIpc) is 2.16. The van der Waals surface area contributed by atoms with Gasteiger partial charge in [-0.25, -0.2) is 14.8 Å². The van der Waals surface area contributed by atoms with E-state index in [1.165, 1.54) is 13.4 Å². The van der Waals surface area contributed by atoms with Gasteiger partial charge in [-0.2, -0.15) is 0 Å². The molecule has 1 heterocycles. The standard InChI is InChI=1S/C9H12N2O3/c1-5(2)7-6(9(12)13)8(14-3)11-4-10-7/h4-5H,1-3H3,(H,12,13). The molecule has 0 aliphatic heterocycles. The lowest BCUT2D eigenvalue weighted by Crippen LogP contribution is -2.10. The monoisotopic (exact) mass is 196 g/mol. The SMILES string of the molecule is COc1ncnc(C(C)C)c1C(=O)O. The molecule has 0 spiro atoms. The molecule has 0 saturated carbocycles. The smallest absolute Gasteiger partial charge is 0.343 e. The predicted molar refractivity (Wildman–Crippen MR) is 49.6 cm³/mol. The van der Waals surface area contributed by atoms with Crippen molar-refractivity contribution < 1.29 is 14.6 Å². The molecule has 5 nitrogen and oxygen atoms in total. The molecular formula is C9H12N2O3. The van der Waals surface area contributed by atoms with Crippen molar-refractivity contribution in [2.75, 3.05) is 7.11 Å². The lowest BCUT2D eigenvalue weighted by Gasteiger charge is -2.10. The first-order valence-electron chi connectivity index (χ1n) is 4.20. The maximum atomic E-state index is 10.9. The molecule has 0 aromatic carbocycles. The first kappa shape index (κ1) is 10.4. The van der Waals surface area contributed by atoms with Crippen molar-refractivity contribution in [3.63, 3.8) is 0 Å². The van der Waals surface area contributed by atoms with Gasteiger partial charge in [0.25, 0.3) is 0 Å². The first-order chi connectivity index (χ1) is 6.57. The van der Waals surface area contributed by atoms with E-state index in [4.69, 9.17) is 9.84 Å². The van der Waals surface area contributed by atoms with E-state index in [0.29, 0.717) is 5.69 Å². The Morgan fingerprint density at radius 3 is 2.57 bits per heavy atom. The van der Waals surface area contributed by atoms with Crippen molar-refractivity contribution >= 4 is 5.97 Å². The van der Waals surface area contributed by atoms with Gasteiger partial charge in [0.15, 0.2) is 0 Å². The number of hydrogen-bond acceptors (Lipinski definition) is 4. The zero-order chi connectivity index (χ0) is 10.7. The van der Waals surface area contributed by atoms with E-state index in [2.05, 4.69) is 9.97 Å². The van der Waals surface area contributed by atoms with Crippen LogP contribution in [0.25, 0.3) is 0 Å². The number of carbonyl (C=O) groups is 1.